The second kappa shape index (κ2) is 6.01. The van der Waals surface area contributed by atoms with E-state index in [9.17, 15) is 9.59 Å². The number of nitrogens with zero attached hydrogens (tertiary/aromatic N) is 1. The first-order valence-corrected chi connectivity index (χ1v) is 7.33. The summed E-state index contributed by atoms with van der Waals surface area (Å²) in [5, 5.41) is 0.777. The highest BCUT2D eigenvalue weighted by Crippen LogP contribution is 2.16. The molecule has 3 aromatic rings. The molecule has 0 aliphatic carbocycles. The molecule has 0 spiro atoms. The fraction of sp³-hybridized carbons (Fsp3) is 0.105. The number of carbonyl (C=O) groups excluding carboxylic acids is 1. The summed E-state index contributed by atoms with van der Waals surface area (Å²) in [4.78, 5) is 31.4. The summed E-state index contributed by atoms with van der Waals surface area (Å²) in [5.41, 5.74) is 2.97. The highest BCUT2D eigenvalue weighted by atomic mass is 16.1. The van der Waals surface area contributed by atoms with Crippen molar-refractivity contribution in [1.82, 2.24) is 9.97 Å². The maximum absolute atomic E-state index is 12.4. The molecule has 0 saturated carbocycles. The third kappa shape index (κ3) is 2.97. The van der Waals surface area contributed by atoms with Crippen molar-refractivity contribution in [2.24, 2.45) is 0 Å². The van der Waals surface area contributed by atoms with Crippen molar-refractivity contribution >= 4 is 22.9 Å². The van der Waals surface area contributed by atoms with Crippen LogP contribution in [0.15, 0.2) is 53.5 Å². The summed E-state index contributed by atoms with van der Waals surface area (Å²) >= 11 is 0. The lowest BCUT2D eigenvalue weighted by Gasteiger charge is -2.05. The summed E-state index contributed by atoms with van der Waals surface area (Å²) < 4.78 is 0. The van der Waals surface area contributed by atoms with Gasteiger partial charge >= 0.3 is 0 Å². The number of ketones is 1. The summed E-state index contributed by atoms with van der Waals surface area (Å²) in [6.07, 6.45) is 4.76. The van der Waals surface area contributed by atoms with Gasteiger partial charge < -0.3 is 4.98 Å². The average molecular weight is 304 g/mol. The number of allylic oxidation sites excluding steroid dienone is 1. The molecule has 4 nitrogen and oxygen atoms in total. The van der Waals surface area contributed by atoms with E-state index < -0.39 is 5.56 Å². The third-order valence-corrected chi connectivity index (χ3v) is 3.80. The van der Waals surface area contributed by atoms with Gasteiger partial charge in [0.05, 0.1) is 5.56 Å². The van der Waals surface area contributed by atoms with Crippen LogP contribution in [0.5, 0.6) is 0 Å². The van der Waals surface area contributed by atoms with Crippen LogP contribution in [0.25, 0.3) is 17.1 Å². The van der Waals surface area contributed by atoms with Crippen LogP contribution in [-0.4, -0.2) is 15.8 Å². The Morgan fingerprint density at radius 3 is 2.61 bits per heavy atom. The molecule has 114 valence electrons. The second-order valence-corrected chi connectivity index (χ2v) is 5.46. The molecule has 0 aliphatic heterocycles. The van der Waals surface area contributed by atoms with Crippen LogP contribution in [0.3, 0.4) is 0 Å². The number of hydrogen-bond acceptors (Lipinski definition) is 3. The smallest absolute Gasteiger partial charge is 0.261 e. The zero-order chi connectivity index (χ0) is 16.4. The first-order valence-electron chi connectivity index (χ1n) is 7.33. The SMILES string of the molecule is Cc1ccc(/C=C/C(=O)c2c(C)c3cccnc3[nH]c2=O)cc1. The number of nitrogens with one attached hydrogen (secondary N) is 1. The molecule has 0 radical (unpaired) electrons. The molecule has 1 N–H and O–H groups in total. The molecule has 0 aliphatic rings. The van der Waals surface area contributed by atoms with Gasteiger partial charge in [-0.1, -0.05) is 35.9 Å². The molecular formula is C19H16N2O2. The monoisotopic (exact) mass is 304 g/mol. The van der Waals surface area contributed by atoms with Crippen molar-refractivity contribution in [3.8, 4) is 0 Å². The van der Waals surface area contributed by atoms with E-state index in [2.05, 4.69) is 9.97 Å². The minimum absolute atomic E-state index is 0.161. The minimum Gasteiger partial charge on any atom is -0.306 e. The number of aromatic amines is 1. The summed E-state index contributed by atoms with van der Waals surface area (Å²) in [6, 6.07) is 11.4. The fourth-order valence-electron chi connectivity index (χ4n) is 2.51. The largest absolute Gasteiger partial charge is 0.306 e. The molecule has 0 saturated heterocycles. The van der Waals surface area contributed by atoms with Crippen molar-refractivity contribution < 1.29 is 4.79 Å². The molecule has 0 amide bonds. The topological polar surface area (TPSA) is 62.8 Å². The van der Waals surface area contributed by atoms with Gasteiger partial charge in [0.1, 0.15) is 5.65 Å². The van der Waals surface area contributed by atoms with E-state index in [1.54, 1.807) is 25.3 Å². The molecular weight excluding hydrogens is 288 g/mol. The van der Waals surface area contributed by atoms with Crippen LogP contribution >= 0.6 is 0 Å². The van der Waals surface area contributed by atoms with E-state index in [4.69, 9.17) is 0 Å². The highest BCUT2D eigenvalue weighted by Gasteiger charge is 2.14. The van der Waals surface area contributed by atoms with E-state index in [0.717, 1.165) is 16.5 Å². The minimum atomic E-state index is -0.410. The Kier molecular flexibility index (Phi) is 3.89. The van der Waals surface area contributed by atoms with Crippen molar-refractivity contribution in [3.63, 3.8) is 0 Å². The van der Waals surface area contributed by atoms with Crippen molar-refractivity contribution in [2.45, 2.75) is 13.8 Å². The molecule has 3 rings (SSSR count). The third-order valence-electron chi connectivity index (χ3n) is 3.80. The van der Waals surface area contributed by atoms with Crippen molar-refractivity contribution in [2.75, 3.05) is 0 Å². The number of hydrogen-bond donors (Lipinski definition) is 1. The average Bonchev–Trinajstić information content (AvgIpc) is 2.54. The van der Waals surface area contributed by atoms with Crippen LogP contribution in [0.4, 0.5) is 0 Å². The van der Waals surface area contributed by atoms with Gasteiger partial charge in [0.2, 0.25) is 0 Å². The second-order valence-electron chi connectivity index (χ2n) is 5.46. The first kappa shape index (κ1) is 14.9. The summed E-state index contributed by atoms with van der Waals surface area (Å²) in [7, 11) is 0. The van der Waals surface area contributed by atoms with E-state index in [-0.39, 0.29) is 11.3 Å². The number of pyridine rings is 2. The maximum atomic E-state index is 12.4. The Hall–Kier alpha value is -3.01. The van der Waals surface area contributed by atoms with Gasteiger partial charge in [-0.15, -0.1) is 0 Å². The van der Waals surface area contributed by atoms with E-state index >= 15 is 0 Å². The molecule has 0 unspecified atom stereocenters. The number of benzene rings is 1. The van der Waals surface area contributed by atoms with Gasteiger partial charge in [0.15, 0.2) is 5.78 Å². The van der Waals surface area contributed by atoms with E-state index in [0.29, 0.717) is 11.2 Å². The number of aromatic nitrogens is 2. The van der Waals surface area contributed by atoms with Crippen LogP contribution in [0, 0.1) is 13.8 Å². The lowest BCUT2D eigenvalue weighted by Crippen LogP contribution is -2.19. The molecule has 0 fully saturated rings. The van der Waals surface area contributed by atoms with Gasteiger partial charge in [0.25, 0.3) is 5.56 Å². The number of H-pyrrole nitrogens is 1. The quantitative estimate of drug-likeness (QED) is 0.595. The van der Waals surface area contributed by atoms with Crippen molar-refractivity contribution in [1.29, 1.82) is 0 Å². The zero-order valence-electron chi connectivity index (χ0n) is 13.0. The predicted octanol–water partition coefficient (Wildman–Crippen LogP) is 3.44. The zero-order valence-corrected chi connectivity index (χ0v) is 13.0. The molecule has 0 atom stereocenters. The summed E-state index contributed by atoms with van der Waals surface area (Å²) in [6.45, 7) is 3.77. The Morgan fingerprint density at radius 1 is 1.13 bits per heavy atom. The molecule has 2 heterocycles. The van der Waals surface area contributed by atoms with E-state index in [1.165, 1.54) is 6.08 Å². The standard InChI is InChI=1S/C19H16N2O2/c1-12-5-7-14(8-6-12)9-10-16(22)17-13(2)15-4-3-11-20-18(15)21-19(17)23/h3-11H,1-2H3,(H,20,21,23)/b10-9+. The number of aryl methyl sites for hydroxylation is 2. The van der Waals surface area contributed by atoms with Gasteiger partial charge in [-0.05, 0) is 43.2 Å². The fourth-order valence-corrected chi connectivity index (χ4v) is 2.51. The lowest BCUT2D eigenvalue weighted by atomic mass is 10.0. The Bertz CT molecular complexity index is 967. The first-order chi connectivity index (χ1) is 11.1. The van der Waals surface area contributed by atoms with Gasteiger partial charge in [-0.3, -0.25) is 9.59 Å². The Labute approximate surface area is 133 Å². The molecule has 1 aromatic carbocycles. The maximum Gasteiger partial charge on any atom is 0.261 e. The number of carbonyl (C=O) groups is 1. The van der Waals surface area contributed by atoms with Crippen molar-refractivity contribution in [3.05, 3.63) is 81.3 Å². The number of rotatable bonds is 3. The van der Waals surface area contributed by atoms with E-state index in [1.807, 2.05) is 37.3 Å². The van der Waals surface area contributed by atoms with Crippen LogP contribution in [0.1, 0.15) is 27.0 Å². The summed E-state index contributed by atoms with van der Waals surface area (Å²) in [5.74, 6) is -0.310. The van der Waals surface area contributed by atoms with Gasteiger partial charge in [-0.25, -0.2) is 4.98 Å². The Balaban J connectivity index is 2.01. The van der Waals surface area contributed by atoms with Crippen LogP contribution in [-0.2, 0) is 0 Å². The van der Waals surface area contributed by atoms with Gasteiger partial charge in [-0.2, -0.15) is 0 Å². The van der Waals surface area contributed by atoms with Crippen LogP contribution in [0.2, 0.25) is 0 Å². The lowest BCUT2D eigenvalue weighted by molar-refractivity contribution is 0.104. The Morgan fingerprint density at radius 2 is 1.87 bits per heavy atom. The van der Waals surface area contributed by atoms with Gasteiger partial charge in [0, 0.05) is 11.6 Å². The molecule has 0 bridgehead atoms. The molecule has 2 aromatic heterocycles. The molecule has 4 heteroatoms. The number of fused-ring (bicyclic) bond motifs is 1. The molecule has 23 heavy (non-hydrogen) atoms. The highest BCUT2D eigenvalue weighted by molar-refractivity contribution is 6.09. The normalized spacial score (nSPS) is 11.2. The van der Waals surface area contributed by atoms with Crippen LogP contribution < -0.4 is 5.56 Å². The predicted molar refractivity (Wildman–Crippen MR) is 91.6 cm³/mol.